The van der Waals surface area contributed by atoms with Gasteiger partial charge in [0.25, 0.3) is 5.91 Å². The average molecular weight is 418 g/mol. The monoisotopic (exact) mass is 417 g/mol. The number of aryl methyl sites for hydroxylation is 2. The molecule has 0 spiro atoms. The van der Waals surface area contributed by atoms with Gasteiger partial charge in [0.05, 0.1) is 0 Å². The summed E-state index contributed by atoms with van der Waals surface area (Å²) in [5.41, 5.74) is 3.72. The summed E-state index contributed by atoms with van der Waals surface area (Å²) in [6, 6.07) is 21.1. The van der Waals surface area contributed by atoms with Gasteiger partial charge in [-0.15, -0.1) is 0 Å². The third kappa shape index (κ3) is 6.60. The summed E-state index contributed by atoms with van der Waals surface area (Å²) in [6.45, 7) is 3.82. The van der Waals surface area contributed by atoms with Gasteiger partial charge in [-0.1, -0.05) is 36.4 Å². The first-order chi connectivity index (χ1) is 14.9. The van der Waals surface area contributed by atoms with Crippen LogP contribution in [0.1, 0.15) is 34.8 Å². The number of nitrogens with one attached hydrogen (secondary N) is 3. The van der Waals surface area contributed by atoms with Crippen molar-refractivity contribution in [1.29, 1.82) is 0 Å². The number of urea groups is 1. The van der Waals surface area contributed by atoms with Crippen LogP contribution < -0.4 is 16.0 Å². The van der Waals surface area contributed by atoms with Gasteiger partial charge in [-0.3, -0.25) is 4.79 Å². The Morgan fingerprint density at radius 1 is 0.935 bits per heavy atom. The van der Waals surface area contributed by atoms with E-state index in [1.54, 1.807) is 24.3 Å². The molecule has 0 aromatic heterocycles. The van der Waals surface area contributed by atoms with E-state index in [1.807, 2.05) is 62.4 Å². The lowest BCUT2D eigenvalue weighted by Crippen LogP contribution is -2.36. The van der Waals surface area contributed by atoms with Crippen molar-refractivity contribution in [3.63, 3.8) is 0 Å². The summed E-state index contributed by atoms with van der Waals surface area (Å²) >= 11 is 0. The van der Waals surface area contributed by atoms with E-state index >= 15 is 0 Å². The van der Waals surface area contributed by atoms with E-state index in [0.29, 0.717) is 16.9 Å². The molecule has 6 heteroatoms. The minimum atomic E-state index is -0.318. The molecule has 1 atom stereocenters. The molecule has 0 bridgehead atoms. The van der Waals surface area contributed by atoms with Gasteiger partial charge >= 0.3 is 6.03 Å². The molecule has 4 N–H and O–H groups in total. The Hall–Kier alpha value is -3.80. The fraction of sp³-hybridized carbons (Fsp3) is 0.200. The minimum Gasteiger partial charge on any atom is -0.508 e. The summed E-state index contributed by atoms with van der Waals surface area (Å²) in [5.74, 6) is 0.00118. The predicted octanol–water partition coefficient (Wildman–Crippen LogP) is 5.10. The first-order valence-electron chi connectivity index (χ1n) is 10.2. The quantitative estimate of drug-likeness (QED) is 0.431. The van der Waals surface area contributed by atoms with Crippen LogP contribution >= 0.6 is 0 Å². The van der Waals surface area contributed by atoms with Crippen LogP contribution in [-0.2, 0) is 6.42 Å². The molecule has 0 aliphatic rings. The van der Waals surface area contributed by atoms with Gasteiger partial charge in [-0.25, -0.2) is 4.79 Å². The molecule has 3 amide bonds. The maximum Gasteiger partial charge on any atom is 0.319 e. The molecule has 1 unspecified atom stereocenters. The third-order valence-electron chi connectivity index (χ3n) is 4.96. The standard InChI is InChI=1S/C25H27N3O3/c1-17-8-13-20(24(30)27-21-6-4-3-5-7-21)16-23(17)28-25(31)26-18(2)9-10-19-11-14-22(29)15-12-19/h3-8,11-16,18,29H,9-10H2,1-2H3,(H,27,30)(H2,26,28,31). The van der Waals surface area contributed by atoms with Gasteiger partial charge < -0.3 is 21.1 Å². The average Bonchev–Trinajstić information content (AvgIpc) is 2.75. The Balaban J connectivity index is 1.55. The number of hydrogen-bond acceptors (Lipinski definition) is 3. The smallest absolute Gasteiger partial charge is 0.319 e. The number of benzene rings is 3. The number of carbonyl (C=O) groups excluding carboxylic acids is 2. The lowest BCUT2D eigenvalue weighted by molar-refractivity contribution is 0.102. The highest BCUT2D eigenvalue weighted by Gasteiger charge is 2.12. The molecule has 0 aliphatic heterocycles. The molecule has 3 rings (SSSR count). The van der Waals surface area contributed by atoms with E-state index in [9.17, 15) is 14.7 Å². The van der Waals surface area contributed by atoms with Crippen molar-refractivity contribution in [3.8, 4) is 5.75 Å². The SMILES string of the molecule is Cc1ccc(C(=O)Nc2ccccc2)cc1NC(=O)NC(C)CCc1ccc(O)cc1. The molecule has 160 valence electrons. The van der Waals surface area contributed by atoms with E-state index in [-0.39, 0.29) is 23.7 Å². The molecule has 6 nitrogen and oxygen atoms in total. The number of phenolic OH excluding ortho intramolecular Hbond substituents is 1. The Morgan fingerprint density at radius 2 is 1.65 bits per heavy atom. The Morgan fingerprint density at radius 3 is 2.35 bits per heavy atom. The van der Waals surface area contributed by atoms with Crippen molar-refractivity contribution >= 4 is 23.3 Å². The number of amides is 3. The molecule has 0 saturated carbocycles. The van der Waals surface area contributed by atoms with Crippen molar-refractivity contribution in [2.45, 2.75) is 32.7 Å². The second-order valence-electron chi connectivity index (χ2n) is 7.55. The van der Waals surface area contributed by atoms with Crippen molar-refractivity contribution in [1.82, 2.24) is 5.32 Å². The molecule has 31 heavy (non-hydrogen) atoms. The fourth-order valence-corrected chi connectivity index (χ4v) is 3.12. The highest BCUT2D eigenvalue weighted by molar-refractivity contribution is 6.05. The molecule has 0 radical (unpaired) electrons. The number of hydrogen-bond donors (Lipinski definition) is 4. The van der Waals surface area contributed by atoms with Gasteiger partial charge in [0.2, 0.25) is 0 Å². The maximum absolute atomic E-state index is 12.5. The summed E-state index contributed by atoms with van der Waals surface area (Å²) in [5, 5.41) is 18.0. The van der Waals surface area contributed by atoms with E-state index < -0.39 is 0 Å². The van der Waals surface area contributed by atoms with Crippen LogP contribution in [0.3, 0.4) is 0 Å². The Bertz CT molecular complexity index is 1030. The third-order valence-corrected chi connectivity index (χ3v) is 4.96. The number of phenols is 1. The predicted molar refractivity (Wildman–Crippen MR) is 124 cm³/mol. The Kier molecular flexibility index (Phi) is 7.27. The summed E-state index contributed by atoms with van der Waals surface area (Å²) in [4.78, 5) is 25.0. The van der Waals surface area contributed by atoms with Crippen molar-refractivity contribution in [2.24, 2.45) is 0 Å². The topological polar surface area (TPSA) is 90.5 Å². The lowest BCUT2D eigenvalue weighted by atomic mass is 10.1. The molecular formula is C25H27N3O3. The van der Waals surface area contributed by atoms with E-state index in [0.717, 1.165) is 24.0 Å². The minimum absolute atomic E-state index is 0.0429. The van der Waals surface area contributed by atoms with Crippen LogP contribution in [0.4, 0.5) is 16.2 Å². The largest absolute Gasteiger partial charge is 0.508 e. The van der Waals surface area contributed by atoms with Gasteiger partial charge in [0.1, 0.15) is 5.75 Å². The van der Waals surface area contributed by atoms with E-state index in [4.69, 9.17) is 0 Å². The molecule has 0 fully saturated rings. The van der Waals surface area contributed by atoms with E-state index in [1.165, 1.54) is 0 Å². The number of rotatable bonds is 7. The zero-order chi connectivity index (χ0) is 22.2. The number of carbonyl (C=O) groups is 2. The zero-order valence-electron chi connectivity index (χ0n) is 17.7. The number of para-hydroxylation sites is 1. The molecule has 0 heterocycles. The highest BCUT2D eigenvalue weighted by atomic mass is 16.3. The number of anilines is 2. The molecule has 0 saturated heterocycles. The summed E-state index contributed by atoms with van der Waals surface area (Å²) < 4.78 is 0. The second-order valence-corrected chi connectivity index (χ2v) is 7.55. The zero-order valence-corrected chi connectivity index (χ0v) is 17.7. The van der Waals surface area contributed by atoms with E-state index in [2.05, 4.69) is 16.0 Å². The summed E-state index contributed by atoms with van der Waals surface area (Å²) in [6.07, 6.45) is 1.55. The first kappa shape index (κ1) is 21.9. The molecule has 3 aromatic carbocycles. The van der Waals surface area contributed by atoms with Crippen LogP contribution in [0.15, 0.2) is 72.8 Å². The van der Waals surface area contributed by atoms with Crippen LogP contribution in [-0.4, -0.2) is 23.1 Å². The Labute approximate surface area is 182 Å². The normalized spacial score (nSPS) is 11.4. The van der Waals surface area contributed by atoms with Crippen LogP contribution in [0, 0.1) is 6.92 Å². The van der Waals surface area contributed by atoms with Gasteiger partial charge in [-0.05, 0) is 74.2 Å². The maximum atomic E-state index is 12.5. The van der Waals surface area contributed by atoms with Crippen LogP contribution in [0.5, 0.6) is 5.75 Å². The van der Waals surface area contributed by atoms with Crippen LogP contribution in [0.25, 0.3) is 0 Å². The van der Waals surface area contributed by atoms with Gasteiger partial charge in [0, 0.05) is 23.0 Å². The van der Waals surface area contributed by atoms with Gasteiger partial charge in [-0.2, -0.15) is 0 Å². The molecule has 0 aliphatic carbocycles. The number of aromatic hydroxyl groups is 1. The second kappa shape index (κ2) is 10.3. The fourth-order valence-electron chi connectivity index (χ4n) is 3.12. The van der Waals surface area contributed by atoms with Gasteiger partial charge in [0.15, 0.2) is 0 Å². The highest BCUT2D eigenvalue weighted by Crippen LogP contribution is 2.18. The summed E-state index contributed by atoms with van der Waals surface area (Å²) in [7, 11) is 0. The van der Waals surface area contributed by atoms with Crippen LogP contribution in [0.2, 0.25) is 0 Å². The lowest BCUT2D eigenvalue weighted by Gasteiger charge is -2.16. The van der Waals surface area contributed by atoms with Crippen molar-refractivity contribution in [2.75, 3.05) is 10.6 Å². The van der Waals surface area contributed by atoms with Crippen molar-refractivity contribution in [3.05, 3.63) is 89.5 Å². The van der Waals surface area contributed by atoms with Crippen molar-refractivity contribution < 1.29 is 14.7 Å². The molecular weight excluding hydrogens is 390 g/mol. The molecule has 3 aromatic rings. The first-order valence-corrected chi connectivity index (χ1v) is 10.2.